The molecule has 15 heavy (non-hydrogen) atoms. The van der Waals surface area contributed by atoms with Crippen LogP contribution in [0.1, 0.15) is 52.4 Å². The maximum absolute atomic E-state index is 5.90. The van der Waals surface area contributed by atoms with E-state index in [2.05, 4.69) is 18.8 Å². The maximum Gasteiger partial charge on any atom is 0.0940 e. The molecule has 2 saturated carbocycles. The average Bonchev–Trinajstić information content (AvgIpc) is 2.78. The van der Waals surface area contributed by atoms with E-state index in [1.165, 1.54) is 25.7 Å². The zero-order chi connectivity index (χ0) is 10.8. The highest BCUT2D eigenvalue weighted by atomic mass is 14.9. The van der Waals surface area contributed by atoms with E-state index < -0.39 is 0 Å². The summed E-state index contributed by atoms with van der Waals surface area (Å²) in [5.74, 6) is 3.68. The molecule has 4 atom stereocenters. The van der Waals surface area contributed by atoms with Crippen LogP contribution in [0.4, 0.5) is 0 Å². The SMILES string of the molecule is CCCC(N)=NC(C)C1CC2CCC1C2. The summed E-state index contributed by atoms with van der Waals surface area (Å²) in [5.41, 5.74) is 5.90. The van der Waals surface area contributed by atoms with Crippen LogP contribution in [0.5, 0.6) is 0 Å². The highest BCUT2D eigenvalue weighted by Crippen LogP contribution is 2.50. The van der Waals surface area contributed by atoms with Gasteiger partial charge in [-0.3, -0.25) is 4.99 Å². The Morgan fingerprint density at radius 1 is 1.40 bits per heavy atom. The standard InChI is InChI=1S/C13H24N2/c1-3-4-13(14)15-9(2)12-8-10-5-6-11(12)7-10/h9-12H,3-8H2,1-2H3,(H2,14,15). The topological polar surface area (TPSA) is 38.4 Å². The van der Waals surface area contributed by atoms with Gasteiger partial charge in [0.05, 0.1) is 11.9 Å². The van der Waals surface area contributed by atoms with Gasteiger partial charge in [0, 0.05) is 6.42 Å². The summed E-state index contributed by atoms with van der Waals surface area (Å²) in [6.07, 6.45) is 7.88. The Bertz CT molecular complexity index is 247. The molecule has 2 rings (SSSR count). The molecule has 2 heteroatoms. The molecule has 0 saturated heterocycles. The summed E-state index contributed by atoms with van der Waals surface area (Å²) < 4.78 is 0. The molecule has 2 aliphatic carbocycles. The quantitative estimate of drug-likeness (QED) is 0.560. The Morgan fingerprint density at radius 2 is 2.20 bits per heavy atom. The fourth-order valence-electron chi connectivity index (χ4n) is 3.56. The zero-order valence-corrected chi connectivity index (χ0v) is 10.1. The Morgan fingerprint density at radius 3 is 2.73 bits per heavy atom. The molecule has 0 aromatic carbocycles. The number of hydrogen-bond acceptors (Lipinski definition) is 1. The first-order valence-corrected chi connectivity index (χ1v) is 6.52. The van der Waals surface area contributed by atoms with Crippen LogP contribution in [-0.4, -0.2) is 11.9 Å². The van der Waals surface area contributed by atoms with Crippen molar-refractivity contribution in [1.29, 1.82) is 0 Å². The minimum Gasteiger partial charge on any atom is -0.387 e. The van der Waals surface area contributed by atoms with Crippen molar-refractivity contribution >= 4 is 5.84 Å². The van der Waals surface area contributed by atoms with Gasteiger partial charge in [0.25, 0.3) is 0 Å². The first-order chi connectivity index (χ1) is 7.20. The van der Waals surface area contributed by atoms with Crippen LogP contribution in [0.3, 0.4) is 0 Å². The summed E-state index contributed by atoms with van der Waals surface area (Å²) >= 11 is 0. The molecule has 0 aromatic heterocycles. The molecule has 0 aliphatic heterocycles. The van der Waals surface area contributed by atoms with Crippen molar-refractivity contribution in [2.45, 2.75) is 58.4 Å². The molecule has 0 amide bonds. The molecule has 0 aromatic rings. The monoisotopic (exact) mass is 208 g/mol. The number of amidine groups is 1. The summed E-state index contributed by atoms with van der Waals surface area (Å²) in [7, 11) is 0. The Kier molecular flexibility index (Phi) is 3.32. The van der Waals surface area contributed by atoms with Crippen LogP contribution in [0, 0.1) is 17.8 Å². The van der Waals surface area contributed by atoms with Crippen molar-refractivity contribution < 1.29 is 0 Å². The molecular weight excluding hydrogens is 184 g/mol. The van der Waals surface area contributed by atoms with Crippen LogP contribution in [0.2, 0.25) is 0 Å². The summed E-state index contributed by atoms with van der Waals surface area (Å²) in [6.45, 7) is 4.42. The average molecular weight is 208 g/mol. The van der Waals surface area contributed by atoms with Crippen molar-refractivity contribution in [3.8, 4) is 0 Å². The van der Waals surface area contributed by atoms with E-state index >= 15 is 0 Å². The molecule has 0 heterocycles. The second kappa shape index (κ2) is 4.54. The van der Waals surface area contributed by atoms with E-state index in [0.29, 0.717) is 6.04 Å². The predicted molar refractivity (Wildman–Crippen MR) is 64.9 cm³/mol. The molecule has 2 bridgehead atoms. The summed E-state index contributed by atoms with van der Waals surface area (Å²) in [6, 6.07) is 0.465. The van der Waals surface area contributed by atoms with Gasteiger partial charge in [-0.15, -0.1) is 0 Å². The Labute approximate surface area is 93.3 Å². The lowest BCUT2D eigenvalue weighted by atomic mass is 9.84. The van der Waals surface area contributed by atoms with Gasteiger partial charge in [0.2, 0.25) is 0 Å². The van der Waals surface area contributed by atoms with Crippen LogP contribution < -0.4 is 5.73 Å². The lowest BCUT2D eigenvalue weighted by Gasteiger charge is -2.25. The molecule has 86 valence electrons. The molecular formula is C13H24N2. The highest BCUT2D eigenvalue weighted by Gasteiger charge is 2.41. The predicted octanol–water partition coefficient (Wildman–Crippen LogP) is 2.97. The maximum atomic E-state index is 5.90. The van der Waals surface area contributed by atoms with Gasteiger partial charge in [-0.25, -0.2) is 0 Å². The molecule has 0 spiro atoms. The number of rotatable bonds is 4. The van der Waals surface area contributed by atoms with E-state index in [1.807, 2.05) is 0 Å². The molecule has 0 radical (unpaired) electrons. The Hall–Kier alpha value is -0.530. The summed E-state index contributed by atoms with van der Waals surface area (Å²) in [4.78, 5) is 4.66. The van der Waals surface area contributed by atoms with E-state index in [4.69, 9.17) is 5.73 Å². The van der Waals surface area contributed by atoms with Crippen molar-refractivity contribution in [2.75, 3.05) is 0 Å². The van der Waals surface area contributed by atoms with Crippen molar-refractivity contribution in [1.82, 2.24) is 0 Å². The number of fused-ring (bicyclic) bond motifs is 2. The second-order valence-electron chi connectivity index (χ2n) is 5.45. The molecule has 2 aliphatic rings. The Balaban J connectivity index is 1.91. The fourth-order valence-corrected chi connectivity index (χ4v) is 3.56. The molecule has 2 fully saturated rings. The van der Waals surface area contributed by atoms with Gasteiger partial charge >= 0.3 is 0 Å². The molecule has 2 N–H and O–H groups in total. The van der Waals surface area contributed by atoms with Gasteiger partial charge in [-0.1, -0.05) is 13.3 Å². The van der Waals surface area contributed by atoms with E-state index in [9.17, 15) is 0 Å². The molecule has 4 unspecified atom stereocenters. The van der Waals surface area contributed by atoms with Gasteiger partial charge in [-0.2, -0.15) is 0 Å². The number of nitrogens with zero attached hydrogens (tertiary/aromatic N) is 1. The first-order valence-electron chi connectivity index (χ1n) is 6.52. The van der Waals surface area contributed by atoms with Crippen LogP contribution in [-0.2, 0) is 0 Å². The number of nitrogens with two attached hydrogens (primary N) is 1. The van der Waals surface area contributed by atoms with Crippen LogP contribution in [0.25, 0.3) is 0 Å². The van der Waals surface area contributed by atoms with Crippen LogP contribution in [0.15, 0.2) is 4.99 Å². The normalized spacial score (nSPS) is 37.2. The lowest BCUT2D eigenvalue weighted by Crippen LogP contribution is -2.25. The van der Waals surface area contributed by atoms with Gasteiger partial charge in [-0.05, 0) is 50.4 Å². The van der Waals surface area contributed by atoms with Crippen molar-refractivity contribution in [3.63, 3.8) is 0 Å². The van der Waals surface area contributed by atoms with Gasteiger partial charge in [0.15, 0.2) is 0 Å². The third-order valence-corrected chi connectivity index (χ3v) is 4.29. The minimum absolute atomic E-state index is 0.465. The first kappa shape index (κ1) is 11.0. The second-order valence-corrected chi connectivity index (χ2v) is 5.45. The minimum atomic E-state index is 0.465. The highest BCUT2D eigenvalue weighted by molar-refractivity contribution is 5.80. The third-order valence-electron chi connectivity index (χ3n) is 4.29. The van der Waals surface area contributed by atoms with E-state index in [1.54, 1.807) is 0 Å². The van der Waals surface area contributed by atoms with Crippen molar-refractivity contribution in [3.05, 3.63) is 0 Å². The molecule has 2 nitrogen and oxygen atoms in total. The fraction of sp³-hybridized carbons (Fsp3) is 0.923. The van der Waals surface area contributed by atoms with Crippen LogP contribution >= 0.6 is 0 Å². The van der Waals surface area contributed by atoms with Gasteiger partial charge < -0.3 is 5.73 Å². The lowest BCUT2D eigenvalue weighted by molar-refractivity contribution is 0.294. The smallest absolute Gasteiger partial charge is 0.0940 e. The summed E-state index contributed by atoms with van der Waals surface area (Å²) in [5, 5.41) is 0. The van der Waals surface area contributed by atoms with E-state index in [0.717, 1.165) is 36.4 Å². The third kappa shape index (κ3) is 2.35. The number of aliphatic imine (C=N–C) groups is 1. The van der Waals surface area contributed by atoms with E-state index in [-0.39, 0.29) is 0 Å². The van der Waals surface area contributed by atoms with Crippen molar-refractivity contribution in [2.24, 2.45) is 28.5 Å². The largest absolute Gasteiger partial charge is 0.387 e. The van der Waals surface area contributed by atoms with Gasteiger partial charge in [0.1, 0.15) is 0 Å². The number of hydrogen-bond donors (Lipinski definition) is 1. The zero-order valence-electron chi connectivity index (χ0n) is 10.1.